The lowest BCUT2D eigenvalue weighted by Crippen LogP contribution is -2.79. The number of allylic oxidation sites excluding steroid dienone is 4. The molecule has 7 atom stereocenters. The van der Waals surface area contributed by atoms with Crippen LogP contribution in [0.15, 0.2) is 47.3 Å². The van der Waals surface area contributed by atoms with Crippen LogP contribution in [0, 0.1) is 11.3 Å². The van der Waals surface area contributed by atoms with Gasteiger partial charge in [-0.25, -0.2) is 9.59 Å². The number of methoxy groups -OCH3 is 1. The third-order valence-corrected chi connectivity index (χ3v) is 7.63. The van der Waals surface area contributed by atoms with E-state index in [1.807, 2.05) is 0 Å². The van der Waals surface area contributed by atoms with Gasteiger partial charge in [0.15, 0.2) is 23.3 Å². The standard InChI is InChI=1S/C25H28O10/c1-5-6-7-8-14(26)17-13-11-25(23(2,19(17)28)21(30)24(13,3)32)22(31)34-18-15(27)9-12(20(29)33-4)10-16(18)35-25/h5-8,10,13,15-16,18,26-27,32H,9,11H2,1-4H3/b6-5+,8-7+,17-14?. The van der Waals surface area contributed by atoms with E-state index in [9.17, 15) is 34.5 Å². The second-order valence-corrected chi connectivity index (χ2v) is 9.61. The van der Waals surface area contributed by atoms with E-state index in [1.54, 1.807) is 19.1 Å². The van der Waals surface area contributed by atoms with Crippen molar-refractivity contribution < 1.29 is 48.7 Å². The summed E-state index contributed by atoms with van der Waals surface area (Å²) in [6.45, 7) is 4.19. The van der Waals surface area contributed by atoms with Gasteiger partial charge >= 0.3 is 11.9 Å². The summed E-state index contributed by atoms with van der Waals surface area (Å²) in [5.41, 5.74) is -6.55. The normalized spacial score (nSPS) is 42.3. The number of Topliss-reactive ketones (excluding diaryl/α,β-unsaturated/α-hetero) is 2. The van der Waals surface area contributed by atoms with E-state index in [-0.39, 0.29) is 24.0 Å². The minimum atomic E-state index is -2.24. The molecule has 1 aliphatic heterocycles. The zero-order chi connectivity index (χ0) is 25.9. The highest BCUT2D eigenvalue weighted by molar-refractivity contribution is 6.25. The molecule has 1 spiro atoms. The summed E-state index contributed by atoms with van der Waals surface area (Å²) >= 11 is 0. The van der Waals surface area contributed by atoms with Crippen LogP contribution in [0.2, 0.25) is 0 Å². The Morgan fingerprint density at radius 2 is 1.91 bits per heavy atom. The Hall–Kier alpha value is -3.08. The lowest BCUT2D eigenvalue weighted by molar-refractivity contribution is -0.270. The van der Waals surface area contributed by atoms with E-state index in [4.69, 9.17) is 14.2 Å². The Morgan fingerprint density at radius 1 is 1.23 bits per heavy atom. The Kier molecular flexibility index (Phi) is 5.90. The molecule has 0 amide bonds. The van der Waals surface area contributed by atoms with Gasteiger partial charge in [-0.15, -0.1) is 0 Å². The maximum atomic E-state index is 13.7. The minimum absolute atomic E-state index is 0.0949. The van der Waals surface area contributed by atoms with Crippen molar-refractivity contribution in [1.82, 2.24) is 0 Å². The van der Waals surface area contributed by atoms with Gasteiger partial charge in [0.05, 0.1) is 13.2 Å². The van der Waals surface area contributed by atoms with E-state index in [2.05, 4.69) is 0 Å². The number of esters is 2. The maximum Gasteiger partial charge on any atom is 0.340 e. The molecular weight excluding hydrogens is 460 g/mol. The van der Waals surface area contributed by atoms with Gasteiger partial charge in [0.25, 0.3) is 0 Å². The first kappa shape index (κ1) is 25.0. The van der Waals surface area contributed by atoms with Gasteiger partial charge in [-0.2, -0.15) is 0 Å². The number of carbonyl (C=O) groups excluding carboxylic acids is 4. The van der Waals surface area contributed by atoms with Crippen LogP contribution >= 0.6 is 0 Å². The number of rotatable bonds is 3. The smallest absolute Gasteiger partial charge is 0.340 e. The highest BCUT2D eigenvalue weighted by Crippen LogP contribution is 2.61. The summed E-state index contributed by atoms with van der Waals surface area (Å²) in [4.78, 5) is 52.7. The third kappa shape index (κ3) is 3.27. The van der Waals surface area contributed by atoms with Crippen LogP contribution in [0.5, 0.6) is 0 Å². The molecule has 2 bridgehead atoms. The number of hydrogen-bond acceptors (Lipinski definition) is 10. The van der Waals surface area contributed by atoms with Gasteiger partial charge in [0.2, 0.25) is 0 Å². The molecule has 3 N–H and O–H groups in total. The van der Waals surface area contributed by atoms with Gasteiger partial charge < -0.3 is 29.5 Å². The van der Waals surface area contributed by atoms with Crippen LogP contribution in [0.4, 0.5) is 0 Å². The molecule has 0 aromatic heterocycles. The Morgan fingerprint density at radius 3 is 2.54 bits per heavy atom. The van der Waals surface area contributed by atoms with E-state index in [1.165, 1.54) is 39.2 Å². The molecule has 1 heterocycles. The largest absolute Gasteiger partial charge is 0.508 e. The van der Waals surface area contributed by atoms with Crippen LogP contribution in [0.1, 0.15) is 33.6 Å². The number of aliphatic hydroxyl groups excluding tert-OH is 2. The van der Waals surface area contributed by atoms with Crippen LogP contribution in [0.25, 0.3) is 0 Å². The Labute approximate surface area is 201 Å². The molecule has 1 saturated heterocycles. The van der Waals surface area contributed by atoms with Gasteiger partial charge in [-0.1, -0.05) is 18.2 Å². The Bertz CT molecular complexity index is 1130. The molecule has 0 radical (unpaired) electrons. The van der Waals surface area contributed by atoms with Crippen molar-refractivity contribution in [2.45, 2.75) is 63.1 Å². The fourth-order valence-electron chi connectivity index (χ4n) is 5.68. The van der Waals surface area contributed by atoms with E-state index in [0.717, 1.165) is 0 Å². The van der Waals surface area contributed by atoms with Crippen molar-refractivity contribution in [3.8, 4) is 0 Å². The molecule has 10 heteroatoms. The van der Waals surface area contributed by atoms with Crippen molar-refractivity contribution in [3.63, 3.8) is 0 Å². The van der Waals surface area contributed by atoms with Gasteiger partial charge in [-0.05, 0) is 39.3 Å². The number of ketones is 2. The Balaban J connectivity index is 1.84. The fourth-order valence-corrected chi connectivity index (χ4v) is 5.68. The molecule has 10 nitrogen and oxygen atoms in total. The van der Waals surface area contributed by atoms with Crippen molar-refractivity contribution in [1.29, 1.82) is 0 Å². The average Bonchev–Trinajstić information content (AvgIpc) is 2.81. The van der Waals surface area contributed by atoms with E-state index < -0.39 is 70.1 Å². The average molecular weight is 488 g/mol. The maximum absolute atomic E-state index is 13.7. The van der Waals surface area contributed by atoms with Crippen LogP contribution in [0.3, 0.4) is 0 Å². The second kappa shape index (κ2) is 8.25. The van der Waals surface area contributed by atoms with Crippen LogP contribution < -0.4 is 0 Å². The SMILES string of the molecule is C/C=C/C=C/C(O)=C1C(=O)C2(C)C(=O)C(C)(O)C1CC21OC2C=C(C(=O)OC)CC(O)C2OC1=O. The van der Waals surface area contributed by atoms with Gasteiger partial charge in [-0.3, -0.25) is 9.59 Å². The summed E-state index contributed by atoms with van der Waals surface area (Å²) in [6, 6.07) is 0. The zero-order valence-corrected chi connectivity index (χ0v) is 19.8. The predicted octanol–water partition coefficient (Wildman–Crippen LogP) is 0.773. The molecule has 3 saturated carbocycles. The minimum Gasteiger partial charge on any atom is -0.508 e. The molecule has 7 unspecified atom stereocenters. The summed E-state index contributed by atoms with van der Waals surface area (Å²) < 4.78 is 16.4. The quantitative estimate of drug-likeness (QED) is 0.170. The van der Waals surface area contributed by atoms with Crippen LogP contribution in [-0.4, -0.2) is 75.4 Å². The highest BCUT2D eigenvalue weighted by atomic mass is 16.6. The molecule has 5 aliphatic rings. The fraction of sp³-hybridized carbons (Fsp3) is 0.520. The first-order valence-electron chi connectivity index (χ1n) is 11.3. The molecule has 0 aromatic rings. The van der Waals surface area contributed by atoms with Gasteiger partial charge in [0, 0.05) is 23.5 Å². The van der Waals surface area contributed by atoms with Crippen molar-refractivity contribution in [3.05, 3.63) is 47.3 Å². The second-order valence-electron chi connectivity index (χ2n) is 9.61. The predicted molar refractivity (Wildman–Crippen MR) is 119 cm³/mol. The number of ether oxygens (including phenoxy) is 3. The van der Waals surface area contributed by atoms with Crippen LogP contribution in [-0.2, 0) is 33.4 Å². The van der Waals surface area contributed by atoms with Crippen molar-refractivity contribution >= 4 is 23.5 Å². The molecule has 188 valence electrons. The number of aliphatic hydroxyl groups is 3. The summed E-state index contributed by atoms with van der Waals surface area (Å²) in [6.07, 6.45) is 3.37. The summed E-state index contributed by atoms with van der Waals surface area (Å²) in [5, 5.41) is 32.3. The lowest BCUT2D eigenvalue weighted by Gasteiger charge is -2.61. The molecular formula is C25H28O10. The number of carbonyl (C=O) groups is 4. The van der Waals surface area contributed by atoms with E-state index >= 15 is 0 Å². The summed E-state index contributed by atoms with van der Waals surface area (Å²) in [7, 11) is 1.18. The molecule has 5 rings (SSSR count). The highest BCUT2D eigenvalue weighted by Gasteiger charge is 2.79. The van der Waals surface area contributed by atoms with Gasteiger partial charge in [0.1, 0.15) is 22.9 Å². The topological polar surface area (TPSA) is 157 Å². The third-order valence-electron chi connectivity index (χ3n) is 7.63. The van der Waals surface area contributed by atoms with E-state index in [0.29, 0.717) is 0 Å². The molecule has 0 aromatic carbocycles. The van der Waals surface area contributed by atoms with Crippen molar-refractivity contribution in [2.75, 3.05) is 7.11 Å². The number of hydrogen-bond donors (Lipinski definition) is 3. The molecule has 4 fully saturated rings. The van der Waals surface area contributed by atoms with Crippen molar-refractivity contribution in [2.24, 2.45) is 11.3 Å². The molecule has 35 heavy (non-hydrogen) atoms. The molecule has 4 aliphatic carbocycles. The first-order valence-corrected chi connectivity index (χ1v) is 11.3. The lowest BCUT2D eigenvalue weighted by atomic mass is 9.45. The zero-order valence-electron chi connectivity index (χ0n) is 19.8. The number of fused-ring (bicyclic) bond motifs is 3. The monoisotopic (exact) mass is 488 g/mol. The summed E-state index contributed by atoms with van der Waals surface area (Å²) in [5.74, 6) is -5.25. The first-order chi connectivity index (χ1) is 16.4.